The maximum Gasteiger partial charge on any atom is 0.132 e. The van der Waals surface area contributed by atoms with Gasteiger partial charge in [-0.3, -0.25) is 4.79 Å². The molecule has 0 fully saturated rings. The Morgan fingerprint density at radius 1 is 1.13 bits per heavy atom. The second-order valence-electron chi connectivity index (χ2n) is 4.63. The standard InChI is InChI=1S/C13H27NO/c1-5-13(15)10-8-6-7-9-11-14(4)12(2)3/h12H,5-11H2,1-4H3. The zero-order chi connectivity index (χ0) is 11.7. The molecule has 2 nitrogen and oxygen atoms in total. The van der Waals surface area contributed by atoms with Gasteiger partial charge in [0.2, 0.25) is 0 Å². The second kappa shape index (κ2) is 8.90. The molecule has 0 aromatic rings. The van der Waals surface area contributed by atoms with Crippen LogP contribution in [0.2, 0.25) is 0 Å². The number of carbonyl (C=O) groups excluding carboxylic acids is 1. The monoisotopic (exact) mass is 213 g/mol. The molecule has 90 valence electrons. The van der Waals surface area contributed by atoms with Gasteiger partial charge in [-0.1, -0.05) is 19.8 Å². The van der Waals surface area contributed by atoms with E-state index in [1.165, 1.54) is 25.8 Å². The molecule has 0 aliphatic carbocycles. The van der Waals surface area contributed by atoms with Crippen molar-refractivity contribution in [2.45, 2.75) is 65.3 Å². The van der Waals surface area contributed by atoms with Crippen molar-refractivity contribution in [2.24, 2.45) is 0 Å². The summed E-state index contributed by atoms with van der Waals surface area (Å²) in [5.74, 6) is 0.411. The predicted octanol–water partition coefficient (Wildman–Crippen LogP) is 3.26. The van der Waals surface area contributed by atoms with Gasteiger partial charge in [-0.05, 0) is 40.3 Å². The highest BCUT2D eigenvalue weighted by molar-refractivity contribution is 5.77. The molecule has 0 rings (SSSR count). The van der Waals surface area contributed by atoms with Crippen molar-refractivity contribution in [1.29, 1.82) is 0 Å². The largest absolute Gasteiger partial charge is 0.304 e. The quantitative estimate of drug-likeness (QED) is 0.548. The van der Waals surface area contributed by atoms with Crippen molar-refractivity contribution in [3.63, 3.8) is 0 Å². The van der Waals surface area contributed by atoms with Gasteiger partial charge in [0.1, 0.15) is 5.78 Å². The number of rotatable bonds is 9. The minimum atomic E-state index is 0.411. The minimum absolute atomic E-state index is 0.411. The van der Waals surface area contributed by atoms with Crippen molar-refractivity contribution in [2.75, 3.05) is 13.6 Å². The van der Waals surface area contributed by atoms with Crippen molar-refractivity contribution in [3.8, 4) is 0 Å². The second-order valence-corrected chi connectivity index (χ2v) is 4.63. The first kappa shape index (κ1) is 14.6. The molecule has 0 aromatic heterocycles. The lowest BCUT2D eigenvalue weighted by molar-refractivity contribution is -0.118. The highest BCUT2D eigenvalue weighted by Crippen LogP contribution is 2.06. The van der Waals surface area contributed by atoms with Crippen LogP contribution in [0.3, 0.4) is 0 Å². The third kappa shape index (κ3) is 8.61. The molecule has 0 aromatic carbocycles. The van der Waals surface area contributed by atoms with Crippen LogP contribution in [-0.2, 0) is 4.79 Å². The lowest BCUT2D eigenvalue weighted by Crippen LogP contribution is -2.27. The van der Waals surface area contributed by atoms with Crippen LogP contribution in [0.15, 0.2) is 0 Å². The molecule has 0 spiro atoms. The summed E-state index contributed by atoms with van der Waals surface area (Å²) in [4.78, 5) is 13.4. The zero-order valence-electron chi connectivity index (χ0n) is 10.9. The van der Waals surface area contributed by atoms with Gasteiger partial charge in [-0.15, -0.1) is 0 Å². The predicted molar refractivity (Wildman–Crippen MR) is 66.1 cm³/mol. The van der Waals surface area contributed by atoms with Gasteiger partial charge in [-0.25, -0.2) is 0 Å². The molecule has 2 heteroatoms. The molecule has 0 unspecified atom stereocenters. The Morgan fingerprint density at radius 3 is 2.27 bits per heavy atom. The number of Topliss-reactive ketones (excluding diaryl/α,β-unsaturated/α-hetero) is 1. The topological polar surface area (TPSA) is 20.3 Å². The first-order valence-electron chi connectivity index (χ1n) is 6.29. The Bertz CT molecular complexity index is 166. The van der Waals surface area contributed by atoms with Crippen LogP contribution in [0.1, 0.15) is 59.3 Å². The number of ketones is 1. The fraction of sp³-hybridized carbons (Fsp3) is 0.923. The summed E-state index contributed by atoms with van der Waals surface area (Å²) < 4.78 is 0. The molecule has 0 radical (unpaired) electrons. The van der Waals surface area contributed by atoms with Crippen molar-refractivity contribution < 1.29 is 4.79 Å². The van der Waals surface area contributed by atoms with E-state index in [9.17, 15) is 4.79 Å². The van der Waals surface area contributed by atoms with Crippen LogP contribution >= 0.6 is 0 Å². The third-order valence-electron chi connectivity index (χ3n) is 2.99. The van der Waals surface area contributed by atoms with Gasteiger partial charge in [0.25, 0.3) is 0 Å². The van der Waals surface area contributed by atoms with Crippen molar-refractivity contribution in [1.82, 2.24) is 4.90 Å². The van der Waals surface area contributed by atoms with E-state index in [-0.39, 0.29) is 0 Å². The summed E-state index contributed by atoms with van der Waals surface area (Å²) in [6.07, 6.45) is 6.30. The third-order valence-corrected chi connectivity index (χ3v) is 2.99. The molecular formula is C13H27NO. The average Bonchev–Trinajstić information content (AvgIpc) is 2.22. The first-order chi connectivity index (χ1) is 7.07. The molecule has 0 atom stereocenters. The van der Waals surface area contributed by atoms with Crippen LogP contribution < -0.4 is 0 Å². The van der Waals surface area contributed by atoms with Gasteiger partial charge in [-0.2, -0.15) is 0 Å². The van der Waals surface area contributed by atoms with E-state index in [4.69, 9.17) is 0 Å². The minimum Gasteiger partial charge on any atom is -0.304 e. The normalized spacial score (nSPS) is 11.3. The van der Waals surface area contributed by atoms with Crippen LogP contribution in [0, 0.1) is 0 Å². The fourth-order valence-corrected chi connectivity index (χ4v) is 1.47. The van der Waals surface area contributed by atoms with E-state index in [0.29, 0.717) is 18.2 Å². The molecule has 15 heavy (non-hydrogen) atoms. The van der Waals surface area contributed by atoms with E-state index in [0.717, 1.165) is 12.8 Å². The first-order valence-corrected chi connectivity index (χ1v) is 6.29. The number of nitrogens with zero attached hydrogens (tertiary/aromatic N) is 1. The van der Waals surface area contributed by atoms with Gasteiger partial charge in [0, 0.05) is 18.9 Å². The molecule has 0 bridgehead atoms. The van der Waals surface area contributed by atoms with Crippen LogP contribution in [0.5, 0.6) is 0 Å². The smallest absolute Gasteiger partial charge is 0.132 e. The molecular weight excluding hydrogens is 186 g/mol. The Balaban J connectivity index is 3.22. The lowest BCUT2D eigenvalue weighted by Gasteiger charge is -2.20. The summed E-state index contributed by atoms with van der Waals surface area (Å²) in [7, 11) is 2.17. The van der Waals surface area contributed by atoms with E-state index in [1.807, 2.05) is 6.92 Å². The Morgan fingerprint density at radius 2 is 1.73 bits per heavy atom. The molecule has 0 saturated carbocycles. The number of carbonyl (C=O) groups is 1. The molecule has 0 aliphatic rings. The van der Waals surface area contributed by atoms with Crippen molar-refractivity contribution >= 4 is 5.78 Å². The zero-order valence-corrected chi connectivity index (χ0v) is 10.9. The Kier molecular flexibility index (Phi) is 8.68. The highest BCUT2D eigenvalue weighted by Gasteiger charge is 2.02. The number of hydrogen-bond acceptors (Lipinski definition) is 2. The van der Waals surface area contributed by atoms with Gasteiger partial charge >= 0.3 is 0 Å². The van der Waals surface area contributed by atoms with Gasteiger partial charge in [0.15, 0.2) is 0 Å². The SMILES string of the molecule is CCC(=O)CCCCCCN(C)C(C)C. The number of hydrogen-bond donors (Lipinski definition) is 0. The van der Waals surface area contributed by atoms with E-state index < -0.39 is 0 Å². The Hall–Kier alpha value is -0.370. The fourth-order valence-electron chi connectivity index (χ4n) is 1.47. The maximum atomic E-state index is 11.0. The Labute approximate surface area is 95.0 Å². The maximum absolute atomic E-state index is 11.0. The summed E-state index contributed by atoms with van der Waals surface area (Å²) in [6.45, 7) is 7.57. The lowest BCUT2D eigenvalue weighted by atomic mass is 10.1. The summed E-state index contributed by atoms with van der Waals surface area (Å²) in [5, 5.41) is 0. The number of unbranched alkanes of at least 4 members (excludes halogenated alkanes) is 3. The van der Waals surface area contributed by atoms with E-state index >= 15 is 0 Å². The van der Waals surface area contributed by atoms with Crippen LogP contribution in [-0.4, -0.2) is 30.3 Å². The van der Waals surface area contributed by atoms with E-state index in [2.05, 4.69) is 25.8 Å². The van der Waals surface area contributed by atoms with Crippen LogP contribution in [0.4, 0.5) is 0 Å². The molecule has 0 heterocycles. The summed E-state index contributed by atoms with van der Waals surface area (Å²) in [6, 6.07) is 0.645. The molecule has 0 N–H and O–H groups in total. The van der Waals surface area contributed by atoms with Gasteiger partial charge < -0.3 is 4.90 Å². The van der Waals surface area contributed by atoms with Crippen LogP contribution in [0.25, 0.3) is 0 Å². The average molecular weight is 213 g/mol. The highest BCUT2D eigenvalue weighted by atomic mass is 16.1. The van der Waals surface area contributed by atoms with Crippen molar-refractivity contribution in [3.05, 3.63) is 0 Å². The summed E-state index contributed by atoms with van der Waals surface area (Å²) >= 11 is 0. The molecule has 0 amide bonds. The molecule has 0 aliphatic heterocycles. The summed E-state index contributed by atoms with van der Waals surface area (Å²) in [5.41, 5.74) is 0. The molecule has 0 saturated heterocycles. The van der Waals surface area contributed by atoms with Gasteiger partial charge in [0.05, 0.1) is 0 Å². The van der Waals surface area contributed by atoms with E-state index in [1.54, 1.807) is 0 Å².